The van der Waals surface area contributed by atoms with E-state index < -0.39 is 0 Å². The van der Waals surface area contributed by atoms with Crippen molar-refractivity contribution in [3.8, 4) is 5.69 Å². The normalized spacial score (nSPS) is 11.1. The van der Waals surface area contributed by atoms with Crippen LogP contribution in [0.2, 0.25) is 0 Å². The van der Waals surface area contributed by atoms with Crippen molar-refractivity contribution in [3.05, 3.63) is 83.7 Å². The molecule has 0 aliphatic heterocycles. The summed E-state index contributed by atoms with van der Waals surface area (Å²) < 4.78 is 1.88. The number of aromatic nitrogens is 2. The molecule has 2 aromatic carbocycles. The molecule has 0 bridgehead atoms. The molecule has 0 amide bonds. The molecule has 0 aliphatic rings. The predicted octanol–water partition coefficient (Wildman–Crippen LogP) is 4.35. The largest absolute Gasteiger partial charge is 0.240 e. The van der Waals surface area contributed by atoms with E-state index in [1.807, 2.05) is 29.1 Å². The van der Waals surface area contributed by atoms with Crippen LogP contribution in [-0.2, 0) is 0 Å². The van der Waals surface area contributed by atoms with Crippen LogP contribution in [0, 0.1) is 6.92 Å². The van der Waals surface area contributed by atoms with E-state index in [9.17, 15) is 0 Å². The van der Waals surface area contributed by atoms with E-state index in [0.717, 1.165) is 11.3 Å². The summed E-state index contributed by atoms with van der Waals surface area (Å²) in [4.78, 5) is 0. The van der Waals surface area contributed by atoms with E-state index in [1.54, 1.807) is 6.20 Å². The lowest BCUT2D eigenvalue weighted by Gasteiger charge is -2.05. The van der Waals surface area contributed by atoms with Gasteiger partial charge in [-0.15, -0.1) is 0 Å². The molecule has 0 saturated carbocycles. The van der Waals surface area contributed by atoms with Crippen LogP contribution < -0.4 is 0 Å². The summed E-state index contributed by atoms with van der Waals surface area (Å²) in [6, 6.07) is 18.7. The van der Waals surface area contributed by atoms with Crippen LogP contribution >= 0.6 is 0 Å². The standard InChI is InChI=1S/C18H16N2/c1-15-7-9-16(10-8-15)11-12-17-5-2-3-6-18(17)20-14-4-13-19-20/h2-14H,1H3/b12-11+. The molecule has 2 nitrogen and oxygen atoms in total. The van der Waals surface area contributed by atoms with Gasteiger partial charge in [0.15, 0.2) is 0 Å². The molecule has 0 fully saturated rings. The molecular weight excluding hydrogens is 244 g/mol. The van der Waals surface area contributed by atoms with Gasteiger partial charge < -0.3 is 0 Å². The monoisotopic (exact) mass is 260 g/mol. The maximum absolute atomic E-state index is 4.30. The van der Waals surface area contributed by atoms with Crippen LogP contribution in [0.3, 0.4) is 0 Å². The maximum Gasteiger partial charge on any atom is 0.0717 e. The Morgan fingerprint density at radius 1 is 0.900 bits per heavy atom. The molecule has 0 radical (unpaired) electrons. The molecule has 0 atom stereocenters. The Labute approximate surface area is 119 Å². The van der Waals surface area contributed by atoms with Gasteiger partial charge in [-0.05, 0) is 24.6 Å². The summed E-state index contributed by atoms with van der Waals surface area (Å²) >= 11 is 0. The minimum absolute atomic E-state index is 1.08. The Hall–Kier alpha value is -2.61. The summed E-state index contributed by atoms with van der Waals surface area (Å²) in [6.07, 6.45) is 8.00. The number of nitrogens with zero attached hydrogens (tertiary/aromatic N) is 2. The van der Waals surface area contributed by atoms with Crippen molar-refractivity contribution < 1.29 is 0 Å². The zero-order valence-electron chi connectivity index (χ0n) is 11.4. The molecule has 0 aliphatic carbocycles. The fourth-order valence-electron chi connectivity index (χ4n) is 2.11. The maximum atomic E-state index is 4.30. The Morgan fingerprint density at radius 3 is 2.45 bits per heavy atom. The van der Waals surface area contributed by atoms with Crippen LogP contribution in [0.15, 0.2) is 67.0 Å². The molecule has 0 saturated heterocycles. The zero-order chi connectivity index (χ0) is 13.8. The number of hydrogen-bond donors (Lipinski definition) is 0. The van der Waals surface area contributed by atoms with Crippen molar-refractivity contribution in [1.82, 2.24) is 9.78 Å². The number of rotatable bonds is 3. The molecule has 0 N–H and O–H groups in total. The van der Waals surface area contributed by atoms with Gasteiger partial charge in [0, 0.05) is 18.0 Å². The third-order valence-electron chi connectivity index (χ3n) is 3.22. The molecule has 2 heteroatoms. The lowest BCUT2D eigenvalue weighted by atomic mass is 10.1. The molecule has 98 valence electrons. The highest BCUT2D eigenvalue weighted by atomic mass is 15.3. The number of para-hydroxylation sites is 1. The predicted molar refractivity (Wildman–Crippen MR) is 83.7 cm³/mol. The van der Waals surface area contributed by atoms with E-state index in [4.69, 9.17) is 0 Å². The van der Waals surface area contributed by atoms with E-state index >= 15 is 0 Å². The molecule has 20 heavy (non-hydrogen) atoms. The second kappa shape index (κ2) is 5.57. The average Bonchev–Trinajstić information content (AvgIpc) is 3.01. The zero-order valence-corrected chi connectivity index (χ0v) is 11.4. The molecule has 1 aromatic heterocycles. The van der Waals surface area contributed by atoms with Crippen LogP contribution in [-0.4, -0.2) is 9.78 Å². The van der Waals surface area contributed by atoms with Crippen LogP contribution in [0.25, 0.3) is 17.8 Å². The lowest BCUT2D eigenvalue weighted by Crippen LogP contribution is -1.96. The highest BCUT2D eigenvalue weighted by molar-refractivity contribution is 5.73. The Balaban J connectivity index is 1.93. The Kier molecular flexibility index (Phi) is 3.46. The van der Waals surface area contributed by atoms with Crippen molar-refractivity contribution >= 4 is 12.2 Å². The molecule has 3 rings (SSSR count). The second-order valence-corrected chi connectivity index (χ2v) is 4.75. The minimum atomic E-state index is 1.08. The number of hydrogen-bond acceptors (Lipinski definition) is 1. The third-order valence-corrected chi connectivity index (χ3v) is 3.22. The topological polar surface area (TPSA) is 17.8 Å². The molecule has 1 heterocycles. The average molecular weight is 260 g/mol. The van der Waals surface area contributed by atoms with E-state index in [2.05, 4.69) is 60.6 Å². The van der Waals surface area contributed by atoms with Crippen LogP contribution in [0.4, 0.5) is 0 Å². The van der Waals surface area contributed by atoms with Gasteiger partial charge in [0.05, 0.1) is 5.69 Å². The van der Waals surface area contributed by atoms with Crippen LogP contribution in [0.1, 0.15) is 16.7 Å². The fourth-order valence-corrected chi connectivity index (χ4v) is 2.11. The number of aryl methyl sites for hydroxylation is 1. The molecule has 0 unspecified atom stereocenters. The van der Waals surface area contributed by atoms with Gasteiger partial charge in [-0.3, -0.25) is 0 Å². The van der Waals surface area contributed by atoms with E-state index in [1.165, 1.54) is 11.1 Å². The SMILES string of the molecule is Cc1ccc(/C=C/c2ccccc2-n2cccn2)cc1. The fraction of sp³-hybridized carbons (Fsp3) is 0.0556. The van der Waals surface area contributed by atoms with Crippen molar-refractivity contribution in [2.45, 2.75) is 6.92 Å². The van der Waals surface area contributed by atoms with E-state index in [-0.39, 0.29) is 0 Å². The summed E-state index contributed by atoms with van der Waals surface area (Å²) in [5, 5.41) is 4.30. The smallest absolute Gasteiger partial charge is 0.0717 e. The first kappa shape index (κ1) is 12.4. The second-order valence-electron chi connectivity index (χ2n) is 4.75. The van der Waals surface area contributed by atoms with Crippen molar-refractivity contribution in [2.75, 3.05) is 0 Å². The van der Waals surface area contributed by atoms with Crippen molar-refractivity contribution in [1.29, 1.82) is 0 Å². The van der Waals surface area contributed by atoms with Gasteiger partial charge in [0.1, 0.15) is 0 Å². The quantitative estimate of drug-likeness (QED) is 0.640. The van der Waals surface area contributed by atoms with Crippen molar-refractivity contribution in [2.24, 2.45) is 0 Å². The third kappa shape index (κ3) is 2.69. The van der Waals surface area contributed by atoms with Crippen molar-refractivity contribution in [3.63, 3.8) is 0 Å². The molecular formula is C18H16N2. The highest BCUT2D eigenvalue weighted by Gasteiger charge is 2.00. The summed E-state index contributed by atoms with van der Waals surface area (Å²) in [6.45, 7) is 2.10. The van der Waals surface area contributed by atoms with Gasteiger partial charge in [0.2, 0.25) is 0 Å². The summed E-state index contributed by atoms with van der Waals surface area (Å²) in [5.74, 6) is 0. The van der Waals surface area contributed by atoms with Gasteiger partial charge >= 0.3 is 0 Å². The summed E-state index contributed by atoms with van der Waals surface area (Å²) in [7, 11) is 0. The molecule has 0 spiro atoms. The highest BCUT2D eigenvalue weighted by Crippen LogP contribution is 2.17. The first-order valence-electron chi connectivity index (χ1n) is 6.67. The molecule has 3 aromatic rings. The Morgan fingerprint density at radius 2 is 1.70 bits per heavy atom. The van der Waals surface area contributed by atoms with Gasteiger partial charge in [-0.25, -0.2) is 4.68 Å². The first-order chi connectivity index (χ1) is 9.83. The van der Waals surface area contributed by atoms with Crippen LogP contribution in [0.5, 0.6) is 0 Å². The first-order valence-corrected chi connectivity index (χ1v) is 6.67. The van der Waals surface area contributed by atoms with Gasteiger partial charge in [-0.1, -0.05) is 60.2 Å². The van der Waals surface area contributed by atoms with E-state index in [0.29, 0.717) is 0 Å². The van der Waals surface area contributed by atoms with Gasteiger partial charge in [-0.2, -0.15) is 5.10 Å². The number of benzene rings is 2. The summed E-state index contributed by atoms with van der Waals surface area (Å²) in [5.41, 5.74) is 4.71. The lowest BCUT2D eigenvalue weighted by molar-refractivity contribution is 0.878. The van der Waals surface area contributed by atoms with Gasteiger partial charge in [0.25, 0.3) is 0 Å². The minimum Gasteiger partial charge on any atom is -0.240 e. The Bertz CT molecular complexity index is 707.